The fourth-order valence-corrected chi connectivity index (χ4v) is 2.39. The van der Waals surface area contributed by atoms with Crippen LogP contribution in [0, 0.1) is 17.6 Å². The zero-order valence-corrected chi connectivity index (χ0v) is 10.0. The van der Waals surface area contributed by atoms with E-state index in [1.54, 1.807) is 0 Å². The molecule has 2 unspecified atom stereocenters. The zero-order valence-electron chi connectivity index (χ0n) is 10.0. The number of halogens is 2. The van der Waals surface area contributed by atoms with Crippen LogP contribution in [0.15, 0.2) is 18.2 Å². The second-order valence-electron chi connectivity index (χ2n) is 4.75. The van der Waals surface area contributed by atoms with E-state index >= 15 is 0 Å². The lowest BCUT2D eigenvalue weighted by Crippen LogP contribution is -2.27. The van der Waals surface area contributed by atoms with Crippen molar-refractivity contribution in [3.8, 4) is 0 Å². The van der Waals surface area contributed by atoms with E-state index in [2.05, 4.69) is 0 Å². The van der Waals surface area contributed by atoms with Gasteiger partial charge in [0.1, 0.15) is 11.6 Å². The number of benzene rings is 1. The molecule has 0 aliphatic carbocycles. The van der Waals surface area contributed by atoms with Gasteiger partial charge in [0.25, 0.3) is 0 Å². The Morgan fingerprint density at radius 2 is 2.00 bits per heavy atom. The molecule has 1 fully saturated rings. The van der Waals surface area contributed by atoms with E-state index in [1.807, 2.05) is 4.90 Å². The fraction of sp³-hybridized carbons (Fsp3) is 0.538. The minimum atomic E-state index is -1.18. The lowest BCUT2D eigenvalue weighted by atomic mass is 10.1. The number of rotatable bonds is 4. The van der Waals surface area contributed by atoms with Gasteiger partial charge in [0.2, 0.25) is 0 Å². The Morgan fingerprint density at radius 1 is 1.33 bits per heavy atom. The summed E-state index contributed by atoms with van der Waals surface area (Å²) in [4.78, 5) is 1.91. The maximum Gasteiger partial charge on any atom is 0.131 e. The van der Waals surface area contributed by atoms with Crippen LogP contribution < -0.4 is 0 Å². The molecular weight excluding hydrogens is 240 g/mol. The van der Waals surface area contributed by atoms with Crippen molar-refractivity contribution in [3.63, 3.8) is 0 Å². The van der Waals surface area contributed by atoms with Crippen LogP contribution in [0.2, 0.25) is 0 Å². The summed E-state index contributed by atoms with van der Waals surface area (Å²) in [6.07, 6.45) is -0.327. The van der Waals surface area contributed by atoms with Gasteiger partial charge in [0.05, 0.1) is 11.7 Å². The number of likely N-dealkylation sites (tertiary alicyclic amines) is 1. The fourth-order valence-electron chi connectivity index (χ4n) is 2.39. The zero-order chi connectivity index (χ0) is 13.1. The van der Waals surface area contributed by atoms with Crippen molar-refractivity contribution in [3.05, 3.63) is 35.4 Å². The molecule has 0 spiro atoms. The van der Waals surface area contributed by atoms with Crippen molar-refractivity contribution in [2.24, 2.45) is 5.92 Å². The average Bonchev–Trinajstić information content (AvgIpc) is 2.76. The monoisotopic (exact) mass is 257 g/mol. The Hall–Kier alpha value is -1.04. The predicted octanol–water partition coefficient (Wildman–Crippen LogP) is 1.31. The summed E-state index contributed by atoms with van der Waals surface area (Å²) in [7, 11) is 0. The normalized spacial score (nSPS) is 22.3. The van der Waals surface area contributed by atoms with Crippen LogP contribution in [0.25, 0.3) is 0 Å². The molecule has 0 bridgehead atoms. The Labute approximate surface area is 105 Å². The lowest BCUT2D eigenvalue weighted by Gasteiger charge is -2.20. The molecule has 1 aromatic rings. The molecule has 1 aromatic carbocycles. The van der Waals surface area contributed by atoms with Gasteiger partial charge in [-0.25, -0.2) is 8.78 Å². The molecule has 1 aliphatic heterocycles. The molecule has 0 radical (unpaired) electrons. The van der Waals surface area contributed by atoms with Crippen LogP contribution in [0.3, 0.4) is 0 Å². The van der Waals surface area contributed by atoms with Crippen LogP contribution in [0.5, 0.6) is 0 Å². The smallest absolute Gasteiger partial charge is 0.131 e. The van der Waals surface area contributed by atoms with Crippen molar-refractivity contribution < 1.29 is 19.0 Å². The van der Waals surface area contributed by atoms with E-state index in [9.17, 15) is 13.9 Å². The highest BCUT2D eigenvalue weighted by Crippen LogP contribution is 2.24. The van der Waals surface area contributed by atoms with Gasteiger partial charge in [-0.1, -0.05) is 6.07 Å². The van der Waals surface area contributed by atoms with Crippen molar-refractivity contribution in [1.29, 1.82) is 0 Å². The van der Waals surface area contributed by atoms with Gasteiger partial charge in [0.15, 0.2) is 0 Å². The van der Waals surface area contributed by atoms with Crippen molar-refractivity contribution in [1.82, 2.24) is 4.90 Å². The summed E-state index contributed by atoms with van der Waals surface area (Å²) < 4.78 is 26.9. The SMILES string of the molecule is OCC1CCN(CC(O)c2c(F)cccc2F)C1. The number of hydrogen-bond donors (Lipinski definition) is 2. The Kier molecular flexibility index (Phi) is 4.27. The molecule has 2 atom stereocenters. The topological polar surface area (TPSA) is 43.7 Å². The number of β-amino-alcohol motifs (C(OH)–C–C–N with tert-alkyl or cyclic N) is 1. The number of nitrogens with zero attached hydrogens (tertiary/aromatic N) is 1. The molecule has 100 valence electrons. The highest BCUT2D eigenvalue weighted by Gasteiger charge is 2.26. The highest BCUT2D eigenvalue weighted by atomic mass is 19.1. The minimum absolute atomic E-state index is 0.112. The Morgan fingerprint density at radius 3 is 2.56 bits per heavy atom. The van der Waals surface area contributed by atoms with Crippen molar-refractivity contribution in [2.75, 3.05) is 26.2 Å². The first kappa shape index (κ1) is 13.4. The molecule has 1 heterocycles. The van der Waals surface area contributed by atoms with E-state index in [0.29, 0.717) is 6.54 Å². The third-order valence-electron chi connectivity index (χ3n) is 3.39. The quantitative estimate of drug-likeness (QED) is 0.855. The third kappa shape index (κ3) is 2.85. The summed E-state index contributed by atoms with van der Waals surface area (Å²) in [5.41, 5.74) is -0.273. The summed E-state index contributed by atoms with van der Waals surface area (Å²) in [5, 5.41) is 18.9. The molecule has 0 amide bonds. The van der Waals surface area contributed by atoms with Gasteiger partial charge >= 0.3 is 0 Å². The van der Waals surface area contributed by atoms with Gasteiger partial charge in [-0.05, 0) is 31.0 Å². The summed E-state index contributed by atoms with van der Waals surface area (Å²) in [6.45, 7) is 1.69. The summed E-state index contributed by atoms with van der Waals surface area (Å²) in [5.74, 6) is -1.25. The van der Waals surface area contributed by atoms with Gasteiger partial charge in [-0.15, -0.1) is 0 Å². The molecule has 2 rings (SSSR count). The molecule has 3 nitrogen and oxygen atoms in total. The first-order valence-electron chi connectivity index (χ1n) is 6.07. The molecule has 18 heavy (non-hydrogen) atoms. The van der Waals surface area contributed by atoms with Crippen LogP contribution in [0.1, 0.15) is 18.1 Å². The maximum atomic E-state index is 13.5. The molecule has 5 heteroatoms. The number of hydrogen-bond acceptors (Lipinski definition) is 3. The van der Waals surface area contributed by atoms with Gasteiger partial charge in [-0.3, -0.25) is 0 Å². The molecule has 1 saturated heterocycles. The third-order valence-corrected chi connectivity index (χ3v) is 3.39. The van der Waals surface area contributed by atoms with Crippen LogP contribution in [-0.2, 0) is 0 Å². The van der Waals surface area contributed by atoms with E-state index in [1.165, 1.54) is 6.07 Å². The van der Waals surface area contributed by atoms with Crippen molar-refractivity contribution in [2.45, 2.75) is 12.5 Å². The second kappa shape index (κ2) is 5.73. The number of aliphatic hydroxyl groups excluding tert-OH is 2. The van der Waals surface area contributed by atoms with E-state index in [4.69, 9.17) is 5.11 Å². The first-order chi connectivity index (χ1) is 8.61. The van der Waals surface area contributed by atoms with Gasteiger partial charge in [-0.2, -0.15) is 0 Å². The molecule has 0 saturated carbocycles. The lowest BCUT2D eigenvalue weighted by molar-refractivity contribution is 0.114. The maximum absolute atomic E-state index is 13.5. The Balaban J connectivity index is 2.02. The standard InChI is InChI=1S/C13H17F2NO2/c14-10-2-1-3-11(15)13(10)12(18)7-16-5-4-9(6-16)8-17/h1-3,9,12,17-18H,4-8H2. The Bertz CT molecular complexity index is 394. The molecular formula is C13H17F2NO2. The number of aliphatic hydroxyl groups is 2. The van der Waals surface area contributed by atoms with Crippen molar-refractivity contribution >= 4 is 0 Å². The summed E-state index contributed by atoms with van der Waals surface area (Å²) >= 11 is 0. The van der Waals surface area contributed by atoms with Crippen LogP contribution in [-0.4, -0.2) is 41.4 Å². The minimum Gasteiger partial charge on any atom is -0.396 e. The first-order valence-corrected chi connectivity index (χ1v) is 6.07. The molecule has 2 N–H and O–H groups in total. The van der Waals surface area contributed by atoms with E-state index < -0.39 is 17.7 Å². The highest BCUT2D eigenvalue weighted by molar-refractivity contribution is 5.22. The van der Waals surface area contributed by atoms with E-state index in [-0.39, 0.29) is 24.6 Å². The largest absolute Gasteiger partial charge is 0.396 e. The van der Waals surface area contributed by atoms with Gasteiger partial charge in [0, 0.05) is 19.7 Å². The van der Waals surface area contributed by atoms with Crippen LogP contribution in [0.4, 0.5) is 8.78 Å². The second-order valence-corrected chi connectivity index (χ2v) is 4.75. The molecule has 1 aliphatic rings. The molecule has 0 aromatic heterocycles. The average molecular weight is 257 g/mol. The summed E-state index contributed by atoms with van der Waals surface area (Å²) in [6, 6.07) is 3.56. The predicted molar refractivity (Wildman–Crippen MR) is 63.0 cm³/mol. The van der Waals surface area contributed by atoms with E-state index in [0.717, 1.165) is 25.1 Å². The van der Waals surface area contributed by atoms with Gasteiger partial charge < -0.3 is 15.1 Å². The van der Waals surface area contributed by atoms with Crippen LogP contribution >= 0.6 is 0 Å².